The van der Waals surface area contributed by atoms with Gasteiger partial charge in [-0.25, -0.2) is 4.79 Å². The van der Waals surface area contributed by atoms with Crippen LogP contribution in [0.25, 0.3) is 10.9 Å². The van der Waals surface area contributed by atoms with Crippen molar-refractivity contribution in [3.8, 4) is 0 Å². The van der Waals surface area contributed by atoms with Crippen LogP contribution in [0.3, 0.4) is 0 Å². The van der Waals surface area contributed by atoms with Gasteiger partial charge in [-0.15, -0.1) is 0 Å². The second-order valence-electron chi connectivity index (χ2n) is 5.62. The van der Waals surface area contributed by atoms with Crippen LogP contribution in [-0.2, 0) is 16.1 Å². The maximum absolute atomic E-state index is 12.4. The number of carbonyl (C=O) groups is 2. The molecule has 1 amide bonds. The zero-order valence-corrected chi connectivity index (χ0v) is 12.7. The topological polar surface area (TPSA) is 51.5 Å². The van der Waals surface area contributed by atoms with Crippen LogP contribution in [0.2, 0.25) is 0 Å². The molecule has 1 aromatic carbocycles. The molecule has 116 valence electrons. The zero-order chi connectivity index (χ0) is 15.5. The first-order chi connectivity index (χ1) is 10.7. The second-order valence-corrected chi connectivity index (χ2v) is 5.62. The van der Waals surface area contributed by atoms with Crippen LogP contribution in [-0.4, -0.2) is 41.5 Å². The maximum Gasteiger partial charge on any atom is 0.340 e. The molecule has 1 saturated heterocycles. The Bertz CT molecular complexity index is 699. The summed E-state index contributed by atoms with van der Waals surface area (Å²) in [5, 5.41) is 0.820. The molecule has 0 aliphatic carbocycles. The molecular weight excluding hydrogens is 280 g/mol. The van der Waals surface area contributed by atoms with Gasteiger partial charge in [-0.2, -0.15) is 0 Å². The molecule has 0 unspecified atom stereocenters. The van der Waals surface area contributed by atoms with E-state index < -0.39 is 0 Å². The second kappa shape index (κ2) is 6.22. The number of fused-ring (bicyclic) bond motifs is 1. The minimum atomic E-state index is -0.375. The Hall–Kier alpha value is -2.30. The van der Waals surface area contributed by atoms with Gasteiger partial charge in [0.15, 0.2) is 0 Å². The van der Waals surface area contributed by atoms with Crippen LogP contribution in [0, 0.1) is 0 Å². The first-order valence-corrected chi connectivity index (χ1v) is 7.64. The monoisotopic (exact) mass is 300 g/mol. The molecule has 0 spiro atoms. The number of methoxy groups -OCH3 is 1. The number of nitrogens with zero attached hydrogens (tertiary/aromatic N) is 2. The van der Waals surface area contributed by atoms with Crippen LogP contribution >= 0.6 is 0 Å². The lowest BCUT2D eigenvalue weighted by molar-refractivity contribution is -0.132. The number of piperidine rings is 1. The molecule has 0 saturated carbocycles. The molecular formula is C17H20N2O3. The summed E-state index contributed by atoms with van der Waals surface area (Å²) in [6.07, 6.45) is 5.07. The standard InChI is InChI=1S/C17H20N2O3/c1-22-17(21)14-11-19(15-8-4-3-7-13(14)15)12-16(20)18-9-5-2-6-10-18/h3-4,7-8,11H,2,5-6,9-10,12H2,1H3. The maximum atomic E-state index is 12.4. The molecule has 5 heteroatoms. The molecule has 1 fully saturated rings. The molecule has 2 aromatic rings. The number of carbonyl (C=O) groups excluding carboxylic acids is 2. The van der Waals surface area contributed by atoms with E-state index in [0.717, 1.165) is 36.8 Å². The number of benzene rings is 1. The molecule has 0 bridgehead atoms. The fraction of sp³-hybridized carbons (Fsp3) is 0.412. The molecule has 5 nitrogen and oxygen atoms in total. The Morgan fingerprint density at radius 1 is 1.14 bits per heavy atom. The van der Waals surface area contributed by atoms with E-state index >= 15 is 0 Å². The number of rotatable bonds is 3. The van der Waals surface area contributed by atoms with Crippen molar-refractivity contribution in [1.29, 1.82) is 0 Å². The number of aromatic nitrogens is 1. The third-order valence-electron chi connectivity index (χ3n) is 4.21. The fourth-order valence-corrected chi connectivity index (χ4v) is 3.04. The Morgan fingerprint density at radius 2 is 1.86 bits per heavy atom. The van der Waals surface area contributed by atoms with Crippen molar-refractivity contribution in [2.45, 2.75) is 25.8 Å². The van der Waals surface area contributed by atoms with Crippen molar-refractivity contribution >= 4 is 22.8 Å². The predicted molar refractivity (Wildman–Crippen MR) is 83.7 cm³/mol. The Balaban J connectivity index is 1.90. The van der Waals surface area contributed by atoms with Gasteiger partial charge in [0.25, 0.3) is 0 Å². The van der Waals surface area contributed by atoms with Crippen LogP contribution in [0.4, 0.5) is 0 Å². The average Bonchev–Trinajstić information content (AvgIpc) is 2.94. The van der Waals surface area contributed by atoms with E-state index in [4.69, 9.17) is 4.74 Å². The molecule has 1 aliphatic heterocycles. The smallest absolute Gasteiger partial charge is 0.340 e. The summed E-state index contributed by atoms with van der Waals surface area (Å²) >= 11 is 0. The Kier molecular flexibility index (Phi) is 4.13. The molecule has 22 heavy (non-hydrogen) atoms. The quantitative estimate of drug-likeness (QED) is 0.818. The molecule has 1 aliphatic rings. The van der Waals surface area contributed by atoms with Gasteiger partial charge in [0, 0.05) is 30.2 Å². The van der Waals surface area contributed by atoms with Gasteiger partial charge < -0.3 is 14.2 Å². The van der Waals surface area contributed by atoms with Gasteiger partial charge in [-0.1, -0.05) is 18.2 Å². The lowest BCUT2D eigenvalue weighted by Crippen LogP contribution is -2.37. The highest BCUT2D eigenvalue weighted by Gasteiger charge is 2.20. The third kappa shape index (κ3) is 2.71. The highest BCUT2D eigenvalue weighted by Crippen LogP contribution is 2.22. The van der Waals surface area contributed by atoms with E-state index in [0.29, 0.717) is 5.56 Å². The summed E-state index contributed by atoms with van der Waals surface area (Å²) in [5.41, 5.74) is 1.39. The van der Waals surface area contributed by atoms with Crippen LogP contribution in [0.15, 0.2) is 30.5 Å². The van der Waals surface area contributed by atoms with E-state index in [1.807, 2.05) is 33.7 Å². The van der Waals surface area contributed by atoms with E-state index in [9.17, 15) is 9.59 Å². The minimum Gasteiger partial charge on any atom is -0.465 e. The normalized spacial score (nSPS) is 15.0. The summed E-state index contributed by atoms with van der Waals surface area (Å²) in [7, 11) is 1.37. The third-order valence-corrected chi connectivity index (χ3v) is 4.21. The Labute approximate surface area is 129 Å². The average molecular weight is 300 g/mol. The lowest BCUT2D eigenvalue weighted by atomic mass is 10.1. The van der Waals surface area contributed by atoms with E-state index in [-0.39, 0.29) is 18.4 Å². The van der Waals surface area contributed by atoms with Crippen LogP contribution in [0.5, 0.6) is 0 Å². The molecule has 3 rings (SSSR count). The number of para-hydroxylation sites is 1. The molecule has 1 aromatic heterocycles. The number of hydrogen-bond acceptors (Lipinski definition) is 3. The van der Waals surface area contributed by atoms with Gasteiger partial charge in [0.1, 0.15) is 6.54 Å². The van der Waals surface area contributed by atoms with Gasteiger partial charge in [0.05, 0.1) is 12.7 Å². The van der Waals surface area contributed by atoms with E-state index in [1.54, 1.807) is 6.20 Å². The van der Waals surface area contributed by atoms with Crippen molar-refractivity contribution in [3.05, 3.63) is 36.0 Å². The number of esters is 1. The summed E-state index contributed by atoms with van der Waals surface area (Å²) in [6.45, 7) is 1.93. The fourth-order valence-electron chi connectivity index (χ4n) is 3.04. The largest absolute Gasteiger partial charge is 0.465 e. The summed E-state index contributed by atoms with van der Waals surface area (Å²) in [4.78, 5) is 26.3. The minimum absolute atomic E-state index is 0.108. The SMILES string of the molecule is COC(=O)c1cn(CC(=O)N2CCCCC2)c2ccccc12. The highest BCUT2D eigenvalue weighted by molar-refractivity contribution is 6.04. The van der Waals surface area contributed by atoms with Gasteiger partial charge >= 0.3 is 5.97 Å². The van der Waals surface area contributed by atoms with Crippen LogP contribution in [0.1, 0.15) is 29.6 Å². The van der Waals surface area contributed by atoms with Crippen molar-refractivity contribution in [2.24, 2.45) is 0 Å². The first kappa shape index (κ1) is 14.6. The predicted octanol–water partition coefficient (Wildman–Crippen LogP) is 2.44. The van der Waals surface area contributed by atoms with E-state index in [2.05, 4.69) is 0 Å². The van der Waals surface area contributed by atoms with Crippen LogP contribution < -0.4 is 0 Å². The number of hydrogen-bond donors (Lipinski definition) is 0. The first-order valence-electron chi connectivity index (χ1n) is 7.64. The summed E-state index contributed by atoms with van der Waals surface area (Å²) < 4.78 is 6.68. The lowest BCUT2D eigenvalue weighted by Gasteiger charge is -2.27. The number of likely N-dealkylation sites (tertiary alicyclic amines) is 1. The molecule has 2 heterocycles. The van der Waals surface area contributed by atoms with Crippen molar-refractivity contribution < 1.29 is 14.3 Å². The highest BCUT2D eigenvalue weighted by atomic mass is 16.5. The molecule has 0 radical (unpaired) electrons. The summed E-state index contributed by atoms with van der Waals surface area (Å²) in [5.74, 6) is -0.266. The molecule has 0 atom stereocenters. The number of ether oxygens (including phenoxy) is 1. The van der Waals surface area contributed by atoms with E-state index in [1.165, 1.54) is 13.5 Å². The van der Waals surface area contributed by atoms with Gasteiger partial charge in [-0.3, -0.25) is 4.79 Å². The zero-order valence-electron chi connectivity index (χ0n) is 12.7. The van der Waals surface area contributed by atoms with Gasteiger partial charge in [-0.05, 0) is 25.3 Å². The van der Waals surface area contributed by atoms with Crippen molar-refractivity contribution in [2.75, 3.05) is 20.2 Å². The summed E-state index contributed by atoms with van der Waals surface area (Å²) in [6, 6.07) is 7.59. The van der Waals surface area contributed by atoms with Crippen molar-refractivity contribution in [1.82, 2.24) is 9.47 Å². The Morgan fingerprint density at radius 3 is 2.59 bits per heavy atom. The van der Waals surface area contributed by atoms with Crippen molar-refractivity contribution in [3.63, 3.8) is 0 Å². The van der Waals surface area contributed by atoms with Gasteiger partial charge in [0.2, 0.25) is 5.91 Å². The number of amides is 1. The molecule has 0 N–H and O–H groups in total.